The van der Waals surface area contributed by atoms with E-state index in [4.69, 9.17) is 9.47 Å². The third-order valence-electron chi connectivity index (χ3n) is 4.26. The molecule has 0 radical (unpaired) electrons. The van der Waals surface area contributed by atoms with E-state index in [-0.39, 0.29) is 17.6 Å². The van der Waals surface area contributed by atoms with Crippen molar-refractivity contribution < 1.29 is 23.9 Å². The van der Waals surface area contributed by atoms with Crippen molar-refractivity contribution in [3.05, 3.63) is 59.2 Å². The van der Waals surface area contributed by atoms with Crippen molar-refractivity contribution in [1.82, 2.24) is 0 Å². The highest BCUT2D eigenvalue weighted by atomic mass is 16.5. The van der Waals surface area contributed by atoms with Crippen LogP contribution in [0.1, 0.15) is 47.1 Å². The minimum absolute atomic E-state index is 0.102. The van der Waals surface area contributed by atoms with E-state index in [1.807, 2.05) is 6.92 Å². The minimum Gasteiger partial charge on any atom is -0.496 e. The molecule has 0 heterocycles. The van der Waals surface area contributed by atoms with Gasteiger partial charge in [-0.25, -0.2) is 4.79 Å². The van der Waals surface area contributed by atoms with Gasteiger partial charge < -0.3 is 14.8 Å². The number of hydrogen-bond donors (Lipinski definition) is 1. The molecule has 0 bridgehead atoms. The molecule has 148 valence electrons. The molecule has 0 aliphatic carbocycles. The number of carbonyl (C=O) groups excluding carboxylic acids is 3. The Morgan fingerprint density at radius 3 is 2.11 bits per heavy atom. The van der Waals surface area contributed by atoms with Crippen LogP contribution in [0.4, 0.5) is 5.69 Å². The molecule has 0 aromatic heterocycles. The molecule has 0 spiro atoms. The summed E-state index contributed by atoms with van der Waals surface area (Å²) in [4.78, 5) is 36.6. The summed E-state index contributed by atoms with van der Waals surface area (Å²) in [6.07, 6.45) is -0.948. The molecule has 1 N–H and O–H groups in total. The van der Waals surface area contributed by atoms with Crippen LogP contribution in [0.3, 0.4) is 0 Å². The number of nitrogens with one attached hydrogen (secondary N) is 1. The van der Waals surface area contributed by atoms with Crippen LogP contribution in [-0.4, -0.2) is 30.9 Å². The van der Waals surface area contributed by atoms with Crippen molar-refractivity contribution in [2.45, 2.75) is 33.8 Å². The number of Topliss-reactive ketones (excluding diaryl/α,β-unsaturated/α-hetero) is 1. The maximum Gasteiger partial charge on any atom is 0.338 e. The average molecular weight is 383 g/mol. The number of aryl methyl sites for hydroxylation is 1. The molecule has 6 nitrogen and oxygen atoms in total. The largest absolute Gasteiger partial charge is 0.496 e. The number of carbonyl (C=O) groups is 3. The summed E-state index contributed by atoms with van der Waals surface area (Å²) in [6, 6.07) is 11.4. The molecule has 6 heteroatoms. The van der Waals surface area contributed by atoms with Crippen molar-refractivity contribution in [1.29, 1.82) is 0 Å². The van der Waals surface area contributed by atoms with Gasteiger partial charge in [-0.3, -0.25) is 9.59 Å². The lowest BCUT2D eigenvalue weighted by Crippen LogP contribution is -2.24. The summed E-state index contributed by atoms with van der Waals surface area (Å²) < 4.78 is 10.5. The van der Waals surface area contributed by atoms with Gasteiger partial charge in [-0.1, -0.05) is 19.9 Å². The molecule has 2 aromatic carbocycles. The second-order valence-corrected chi connectivity index (χ2v) is 6.82. The normalized spacial score (nSPS) is 11.6. The Hall–Kier alpha value is -3.15. The van der Waals surface area contributed by atoms with E-state index in [1.54, 1.807) is 56.3 Å². The van der Waals surface area contributed by atoms with Crippen LogP contribution in [0.2, 0.25) is 0 Å². The number of benzene rings is 2. The Balaban J connectivity index is 2.04. The second kappa shape index (κ2) is 9.17. The highest BCUT2D eigenvalue weighted by Crippen LogP contribution is 2.20. The van der Waals surface area contributed by atoms with Crippen LogP contribution in [0, 0.1) is 12.8 Å². The molecule has 1 atom stereocenters. The maximum absolute atomic E-state index is 12.5. The molecular formula is C22H25NO5. The predicted octanol–water partition coefficient (Wildman–Crippen LogP) is 4.03. The first kappa shape index (κ1) is 21.2. The lowest BCUT2D eigenvalue weighted by Gasteiger charge is -2.14. The van der Waals surface area contributed by atoms with Crippen LogP contribution in [0.25, 0.3) is 0 Å². The molecule has 0 aliphatic heterocycles. The van der Waals surface area contributed by atoms with Crippen molar-refractivity contribution in [3.63, 3.8) is 0 Å². The van der Waals surface area contributed by atoms with Crippen LogP contribution in [0.5, 0.6) is 5.75 Å². The zero-order chi connectivity index (χ0) is 20.8. The van der Waals surface area contributed by atoms with E-state index in [0.717, 1.165) is 5.56 Å². The summed E-state index contributed by atoms with van der Waals surface area (Å²) >= 11 is 0. The average Bonchev–Trinajstić information content (AvgIpc) is 2.68. The number of esters is 1. The number of anilines is 1. The van der Waals surface area contributed by atoms with Gasteiger partial charge in [0, 0.05) is 17.2 Å². The summed E-state index contributed by atoms with van der Waals surface area (Å²) in [5.74, 6) is -0.586. The molecule has 0 fully saturated rings. The summed E-state index contributed by atoms with van der Waals surface area (Å²) in [7, 11) is 1.52. The second-order valence-electron chi connectivity index (χ2n) is 6.82. The fourth-order valence-corrected chi connectivity index (χ4v) is 2.47. The van der Waals surface area contributed by atoms with Gasteiger partial charge in [-0.2, -0.15) is 0 Å². The number of rotatable bonds is 7. The van der Waals surface area contributed by atoms with Gasteiger partial charge in [-0.05, 0) is 55.8 Å². The summed E-state index contributed by atoms with van der Waals surface area (Å²) in [6.45, 7) is 6.99. The summed E-state index contributed by atoms with van der Waals surface area (Å²) in [5, 5.41) is 2.76. The molecule has 1 amide bonds. The van der Waals surface area contributed by atoms with Crippen molar-refractivity contribution in [2.24, 2.45) is 5.92 Å². The van der Waals surface area contributed by atoms with Gasteiger partial charge in [-0.15, -0.1) is 0 Å². The highest BCUT2D eigenvalue weighted by molar-refractivity contribution is 6.02. The summed E-state index contributed by atoms with van der Waals surface area (Å²) in [5.41, 5.74) is 2.21. The third-order valence-corrected chi connectivity index (χ3v) is 4.26. The number of amides is 1. The molecule has 0 unspecified atom stereocenters. The number of ketones is 1. The Kier molecular flexibility index (Phi) is 6.93. The number of methoxy groups -OCH3 is 1. The van der Waals surface area contributed by atoms with Gasteiger partial charge in [0.1, 0.15) is 5.75 Å². The van der Waals surface area contributed by atoms with E-state index < -0.39 is 12.1 Å². The fraction of sp³-hybridized carbons (Fsp3) is 0.318. The van der Waals surface area contributed by atoms with E-state index in [2.05, 4.69) is 5.32 Å². The van der Waals surface area contributed by atoms with Crippen molar-refractivity contribution in [3.8, 4) is 5.75 Å². The quantitative estimate of drug-likeness (QED) is 0.577. The SMILES string of the molecule is COc1cc(C(=O)O[C@H](C)C(=O)c2ccc(NC(=O)C(C)C)cc2)ccc1C. The van der Waals surface area contributed by atoms with Crippen LogP contribution in [-0.2, 0) is 9.53 Å². The smallest absolute Gasteiger partial charge is 0.338 e. The Morgan fingerprint density at radius 2 is 1.54 bits per heavy atom. The van der Waals surface area contributed by atoms with Gasteiger partial charge >= 0.3 is 5.97 Å². The van der Waals surface area contributed by atoms with Crippen LogP contribution < -0.4 is 10.1 Å². The lowest BCUT2D eigenvalue weighted by molar-refractivity contribution is -0.118. The first-order chi connectivity index (χ1) is 13.2. The van der Waals surface area contributed by atoms with Crippen LogP contribution >= 0.6 is 0 Å². The van der Waals surface area contributed by atoms with E-state index in [9.17, 15) is 14.4 Å². The molecule has 2 rings (SSSR count). The molecule has 28 heavy (non-hydrogen) atoms. The minimum atomic E-state index is -0.948. The van der Waals surface area contributed by atoms with E-state index >= 15 is 0 Å². The van der Waals surface area contributed by atoms with Gasteiger partial charge in [0.05, 0.1) is 12.7 Å². The van der Waals surface area contributed by atoms with Crippen molar-refractivity contribution in [2.75, 3.05) is 12.4 Å². The van der Waals surface area contributed by atoms with E-state index in [0.29, 0.717) is 22.6 Å². The molecular weight excluding hydrogens is 358 g/mol. The third kappa shape index (κ3) is 5.19. The van der Waals surface area contributed by atoms with E-state index in [1.165, 1.54) is 14.0 Å². The lowest BCUT2D eigenvalue weighted by atomic mass is 10.1. The zero-order valence-corrected chi connectivity index (χ0v) is 16.7. The molecule has 0 aliphatic rings. The van der Waals surface area contributed by atoms with Gasteiger partial charge in [0.25, 0.3) is 0 Å². The Morgan fingerprint density at radius 1 is 0.929 bits per heavy atom. The molecule has 0 saturated heterocycles. The fourth-order valence-electron chi connectivity index (χ4n) is 2.47. The first-order valence-corrected chi connectivity index (χ1v) is 9.03. The van der Waals surface area contributed by atoms with Crippen LogP contribution in [0.15, 0.2) is 42.5 Å². The predicted molar refractivity (Wildman–Crippen MR) is 107 cm³/mol. The topological polar surface area (TPSA) is 81.7 Å². The Bertz CT molecular complexity index is 871. The monoisotopic (exact) mass is 383 g/mol. The van der Waals surface area contributed by atoms with Crippen molar-refractivity contribution >= 4 is 23.3 Å². The van der Waals surface area contributed by atoms with Gasteiger partial charge in [0.15, 0.2) is 6.10 Å². The number of ether oxygens (including phenoxy) is 2. The number of hydrogen-bond acceptors (Lipinski definition) is 5. The highest BCUT2D eigenvalue weighted by Gasteiger charge is 2.21. The van der Waals surface area contributed by atoms with Gasteiger partial charge in [0.2, 0.25) is 11.7 Å². The standard InChI is InChI=1S/C22H25NO5/c1-13(2)21(25)23-18-10-8-16(9-11-18)20(24)15(4)28-22(26)17-7-6-14(3)19(12-17)27-5/h6-13,15H,1-5H3,(H,23,25)/t15-/m1/s1. The first-order valence-electron chi connectivity index (χ1n) is 9.03. The Labute approximate surface area is 164 Å². The zero-order valence-electron chi connectivity index (χ0n) is 16.7. The molecule has 2 aromatic rings. The maximum atomic E-state index is 12.5. The molecule has 0 saturated carbocycles.